The van der Waals surface area contributed by atoms with Gasteiger partial charge in [-0.15, -0.1) is 0 Å². The first kappa shape index (κ1) is 18.9. The highest BCUT2D eigenvalue weighted by Crippen LogP contribution is 2.47. The predicted molar refractivity (Wildman–Crippen MR) is 118 cm³/mol. The van der Waals surface area contributed by atoms with Crippen molar-refractivity contribution in [3.63, 3.8) is 0 Å². The second kappa shape index (κ2) is 8.00. The topological polar surface area (TPSA) is 46.6 Å². The number of rotatable bonds is 3. The van der Waals surface area contributed by atoms with Gasteiger partial charge in [0.25, 0.3) is 5.91 Å². The van der Waals surface area contributed by atoms with Gasteiger partial charge in [0, 0.05) is 9.79 Å². The van der Waals surface area contributed by atoms with Crippen LogP contribution in [0.4, 0.5) is 11.4 Å². The Morgan fingerprint density at radius 1 is 0.833 bits per heavy atom. The first-order valence-corrected chi connectivity index (χ1v) is 11.0. The van der Waals surface area contributed by atoms with Gasteiger partial charge < -0.3 is 4.74 Å². The number of nitrogens with zero attached hydrogens (tertiary/aromatic N) is 1. The van der Waals surface area contributed by atoms with Crippen molar-refractivity contribution in [1.29, 1.82) is 0 Å². The molecule has 0 N–H and O–H groups in total. The lowest BCUT2D eigenvalue weighted by atomic mass is 9.90. The minimum absolute atomic E-state index is 0.262. The van der Waals surface area contributed by atoms with E-state index in [0.29, 0.717) is 5.56 Å². The number of carbonyl (C=O) groups excluding carboxylic acids is 2. The highest BCUT2D eigenvalue weighted by Gasteiger charge is 2.28. The maximum absolute atomic E-state index is 13.1. The van der Waals surface area contributed by atoms with Crippen LogP contribution in [0.25, 0.3) is 0 Å². The lowest BCUT2D eigenvalue weighted by Crippen LogP contribution is -2.32. The van der Waals surface area contributed by atoms with E-state index >= 15 is 0 Å². The molecule has 0 atom stereocenters. The normalized spacial score (nSPS) is 14.3. The van der Waals surface area contributed by atoms with E-state index in [2.05, 4.69) is 0 Å². The minimum Gasteiger partial charge on any atom is -0.452 e. The number of hydrogen-bond acceptors (Lipinski definition) is 4. The molecule has 5 rings (SSSR count). The van der Waals surface area contributed by atoms with Crippen LogP contribution < -0.4 is 4.90 Å². The van der Waals surface area contributed by atoms with Crippen LogP contribution in [0.5, 0.6) is 0 Å². The molecule has 1 aliphatic carbocycles. The van der Waals surface area contributed by atoms with Crippen molar-refractivity contribution in [2.45, 2.75) is 35.5 Å². The molecule has 3 aromatic carbocycles. The van der Waals surface area contributed by atoms with E-state index in [9.17, 15) is 9.59 Å². The molecule has 150 valence electrons. The van der Waals surface area contributed by atoms with Crippen LogP contribution in [0, 0.1) is 0 Å². The summed E-state index contributed by atoms with van der Waals surface area (Å²) in [5, 5.41) is 0. The molecule has 5 heteroatoms. The highest BCUT2D eigenvalue weighted by atomic mass is 32.2. The standard InChI is InChI=1S/C25H21NO3S/c27-24(16-29-25(28)19-14-13-17-7-1-2-8-18(17)15-19)26-20-9-3-5-11-22(20)30-23-12-6-4-10-21(23)26/h3-6,9-15H,1-2,7-8,16H2. The van der Waals surface area contributed by atoms with Crippen molar-refractivity contribution in [3.05, 3.63) is 83.4 Å². The summed E-state index contributed by atoms with van der Waals surface area (Å²) in [5.41, 5.74) is 4.68. The van der Waals surface area contributed by atoms with Gasteiger partial charge in [0.2, 0.25) is 0 Å². The third kappa shape index (κ3) is 3.50. The summed E-state index contributed by atoms with van der Waals surface area (Å²) in [6, 6.07) is 21.3. The number of amides is 1. The quantitative estimate of drug-likeness (QED) is 0.526. The van der Waals surface area contributed by atoms with Crippen LogP contribution in [-0.4, -0.2) is 18.5 Å². The lowest BCUT2D eigenvalue weighted by molar-refractivity contribution is -0.121. The van der Waals surface area contributed by atoms with Crippen LogP contribution in [-0.2, 0) is 22.4 Å². The summed E-state index contributed by atoms with van der Waals surface area (Å²) in [7, 11) is 0. The zero-order valence-corrected chi connectivity index (χ0v) is 17.3. The molecule has 30 heavy (non-hydrogen) atoms. The number of benzene rings is 3. The lowest BCUT2D eigenvalue weighted by Gasteiger charge is -2.30. The van der Waals surface area contributed by atoms with Gasteiger partial charge >= 0.3 is 5.97 Å². The zero-order valence-electron chi connectivity index (χ0n) is 16.5. The fraction of sp³-hybridized carbons (Fsp3) is 0.200. The maximum atomic E-state index is 13.1. The second-order valence-electron chi connectivity index (χ2n) is 7.53. The molecule has 0 spiro atoms. The van der Waals surface area contributed by atoms with E-state index in [-0.39, 0.29) is 12.5 Å². The average molecular weight is 416 g/mol. The molecule has 0 bridgehead atoms. The molecule has 0 fully saturated rings. The molecule has 1 amide bonds. The Morgan fingerprint density at radius 2 is 1.47 bits per heavy atom. The molecule has 0 saturated carbocycles. The van der Waals surface area contributed by atoms with Gasteiger partial charge in [-0.1, -0.05) is 42.1 Å². The van der Waals surface area contributed by atoms with Crippen LogP contribution in [0.3, 0.4) is 0 Å². The van der Waals surface area contributed by atoms with Gasteiger partial charge in [0.05, 0.1) is 16.9 Å². The summed E-state index contributed by atoms with van der Waals surface area (Å²) >= 11 is 1.64. The van der Waals surface area contributed by atoms with Gasteiger partial charge in [-0.05, 0) is 73.2 Å². The molecule has 3 aromatic rings. The van der Waals surface area contributed by atoms with Gasteiger partial charge in [0.15, 0.2) is 6.61 Å². The van der Waals surface area contributed by atoms with Gasteiger partial charge in [-0.25, -0.2) is 4.79 Å². The molecule has 4 nitrogen and oxygen atoms in total. The molecule has 1 heterocycles. The van der Waals surface area contributed by atoms with Crippen molar-refractivity contribution < 1.29 is 14.3 Å². The van der Waals surface area contributed by atoms with Crippen LogP contribution >= 0.6 is 11.8 Å². The van der Waals surface area contributed by atoms with E-state index in [1.165, 1.54) is 17.5 Å². The first-order chi connectivity index (χ1) is 14.7. The van der Waals surface area contributed by atoms with Crippen molar-refractivity contribution in [1.82, 2.24) is 0 Å². The number of carbonyl (C=O) groups is 2. The Kier molecular flexibility index (Phi) is 5.05. The molecular formula is C25H21NO3S. The maximum Gasteiger partial charge on any atom is 0.338 e. The summed E-state index contributed by atoms with van der Waals surface area (Å²) < 4.78 is 5.43. The number of para-hydroxylation sites is 2. The number of anilines is 2. The molecule has 0 unspecified atom stereocenters. The SMILES string of the molecule is O=C(OCC(=O)N1c2ccccc2Sc2ccccc21)c1ccc2c(c1)CCCC2. The van der Waals surface area contributed by atoms with Crippen molar-refractivity contribution >= 4 is 35.0 Å². The molecular weight excluding hydrogens is 394 g/mol. The van der Waals surface area contributed by atoms with E-state index in [1.807, 2.05) is 60.7 Å². The molecule has 0 radical (unpaired) electrons. The molecule has 1 aliphatic heterocycles. The molecule has 0 saturated heterocycles. The van der Waals surface area contributed by atoms with Crippen molar-refractivity contribution in [2.75, 3.05) is 11.5 Å². The predicted octanol–water partition coefficient (Wildman–Crippen LogP) is 5.55. The number of fused-ring (bicyclic) bond motifs is 3. The fourth-order valence-corrected chi connectivity index (χ4v) is 5.17. The van der Waals surface area contributed by atoms with E-state index in [4.69, 9.17) is 4.74 Å². The Morgan fingerprint density at radius 3 is 2.17 bits per heavy atom. The van der Waals surface area contributed by atoms with Gasteiger partial charge in [-0.2, -0.15) is 0 Å². The number of aryl methyl sites for hydroxylation is 2. The van der Waals surface area contributed by atoms with Gasteiger partial charge in [-0.3, -0.25) is 9.69 Å². The zero-order chi connectivity index (χ0) is 20.5. The third-order valence-corrected chi connectivity index (χ3v) is 6.72. The fourth-order valence-electron chi connectivity index (χ4n) is 4.11. The number of hydrogen-bond donors (Lipinski definition) is 0. The van der Waals surface area contributed by atoms with E-state index < -0.39 is 5.97 Å². The Labute approximate surface area is 179 Å². The summed E-state index contributed by atoms with van der Waals surface area (Å²) in [4.78, 5) is 29.4. The van der Waals surface area contributed by atoms with Crippen LogP contribution in [0.1, 0.15) is 34.3 Å². The van der Waals surface area contributed by atoms with E-state index in [1.54, 1.807) is 22.7 Å². The van der Waals surface area contributed by atoms with E-state index in [0.717, 1.165) is 40.4 Å². The van der Waals surface area contributed by atoms with Crippen LogP contribution in [0.15, 0.2) is 76.5 Å². The third-order valence-electron chi connectivity index (χ3n) is 5.59. The average Bonchev–Trinajstić information content (AvgIpc) is 2.80. The van der Waals surface area contributed by atoms with Crippen molar-refractivity contribution in [2.24, 2.45) is 0 Å². The summed E-state index contributed by atoms with van der Waals surface area (Å²) in [5.74, 6) is -0.716. The molecule has 2 aliphatic rings. The Hall–Kier alpha value is -3.05. The largest absolute Gasteiger partial charge is 0.452 e. The Balaban J connectivity index is 1.35. The molecule has 0 aromatic heterocycles. The Bertz CT molecular complexity index is 1100. The smallest absolute Gasteiger partial charge is 0.338 e. The van der Waals surface area contributed by atoms with Crippen LogP contribution in [0.2, 0.25) is 0 Å². The monoisotopic (exact) mass is 415 g/mol. The summed E-state index contributed by atoms with van der Waals surface area (Å²) in [6.07, 6.45) is 4.40. The van der Waals surface area contributed by atoms with Crippen molar-refractivity contribution in [3.8, 4) is 0 Å². The highest BCUT2D eigenvalue weighted by molar-refractivity contribution is 7.99. The number of esters is 1. The van der Waals surface area contributed by atoms with Gasteiger partial charge in [0.1, 0.15) is 0 Å². The first-order valence-electron chi connectivity index (χ1n) is 10.2. The minimum atomic E-state index is -0.454. The second-order valence-corrected chi connectivity index (χ2v) is 8.62. The number of ether oxygens (including phenoxy) is 1. The summed E-state index contributed by atoms with van der Waals surface area (Å²) in [6.45, 7) is -0.302.